The standard InChI is InChI=1S/C15H23N3O4S.ClH/c1-3-10-17(13-6-8-16-9-7-13)23(21,22)15-5-4-14(18(19)20)11-12(15)2;/h4-5,11,13,16H,3,6-10H2,1-2H3;1H. The number of non-ortho nitro benzene ring substituents is 1. The van der Waals surface area contributed by atoms with Crippen LogP contribution in [0.4, 0.5) is 5.69 Å². The highest BCUT2D eigenvalue weighted by Crippen LogP contribution is 2.27. The Morgan fingerprint density at radius 2 is 1.96 bits per heavy atom. The van der Waals surface area contributed by atoms with E-state index in [0.717, 1.165) is 32.4 Å². The van der Waals surface area contributed by atoms with Gasteiger partial charge in [-0.15, -0.1) is 12.4 Å². The lowest BCUT2D eigenvalue weighted by molar-refractivity contribution is -0.385. The van der Waals surface area contributed by atoms with E-state index in [0.29, 0.717) is 12.1 Å². The van der Waals surface area contributed by atoms with Crippen LogP contribution in [0.15, 0.2) is 23.1 Å². The quantitative estimate of drug-likeness (QED) is 0.607. The molecule has 0 amide bonds. The van der Waals surface area contributed by atoms with Crippen molar-refractivity contribution < 1.29 is 13.3 Å². The second kappa shape index (κ2) is 8.75. The van der Waals surface area contributed by atoms with Crippen molar-refractivity contribution in [2.45, 2.75) is 44.0 Å². The van der Waals surface area contributed by atoms with Crippen LogP contribution in [0, 0.1) is 17.0 Å². The predicted octanol–water partition coefficient (Wildman–Crippen LogP) is 2.48. The molecule has 1 aliphatic heterocycles. The van der Waals surface area contributed by atoms with E-state index >= 15 is 0 Å². The molecule has 0 bridgehead atoms. The van der Waals surface area contributed by atoms with Crippen molar-refractivity contribution in [3.8, 4) is 0 Å². The highest BCUT2D eigenvalue weighted by molar-refractivity contribution is 7.89. The number of benzene rings is 1. The number of hydrogen-bond acceptors (Lipinski definition) is 5. The maximum atomic E-state index is 13.1. The van der Waals surface area contributed by atoms with Crippen molar-refractivity contribution in [1.29, 1.82) is 0 Å². The van der Waals surface area contributed by atoms with Crippen LogP contribution in [-0.2, 0) is 10.0 Å². The number of nitrogens with one attached hydrogen (secondary N) is 1. The Morgan fingerprint density at radius 1 is 1.33 bits per heavy atom. The summed E-state index contributed by atoms with van der Waals surface area (Å²) in [6.45, 7) is 5.63. The van der Waals surface area contributed by atoms with Gasteiger partial charge in [-0.1, -0.05) is 6.92 Å². The molecule has 0 unspecified atom stereocenters. The zero-order chi connectivity index (χ0) is 17.0. The van der Waals surface area contributed by atoms with Crippen molar-refractivity contribution in [2.24, 2.45) is 0 Å². The summed E-state index contributed by atoms with van der Waals surface area (Å²) in [7, 11) is -3.65. The molecule has 1 aliphatic rings. The summed E-state index contributed by atoms with van der Waals surface area (Å²) >= 11 is 0. The van der Waals surface area contributed by atoms with E-state index in [9.17, 15) is 18.5 Å². The van der Waals surface area contributed by atoms with Crippen LogP contribution in [0.5, 0.6) is 0 Å². The number of aryl methyl sites for hydroxylation is 1. The fraction of sp³-hybridized carbons (Fsp3) is 0.600. The van der Waals surface area contributed by atoms with Crippen LogP contribution in [0.3, 0.4) is 0 Å². The van der Waals surface area contributed by atoms with E-state index in [4.69, 9.17) is 0 Å². The number of hydrogen-bond donors (Lipinski definition) is 1. The third kappa shape index (κ3) is 4.44. The topological polar surface area (TPSA) is 92.6 Å². The molecular formula is C15H24ClN3O4S. The molecule has 136 valence electrons. The smallest absolute Gasteiger partial charge is 0.269 e. The highest BCUT2D eigenvalue weighted by atomic mass is 35.5. The van der Waals surface area contributed by atoms with Gasteiger partial charge in [0.05, 0.1) is 9.82 Å². The number of nitrogens with zero attached hydrogens (tertiary/aromatic N) is 2. The molecular weight excluding hydrogens is 354 g/mol. The summed E-state index contributed by atoms with van der Waals surface area (Å²) < 4.78 is 27.7. The Kier molecular flexibility index (Phi) is 7.59. The van der Waals surface area contributed by atoms with Crippen LogP contribution in [0.1, 0.15) is 31.7 Å². The van der Waals surface area contributed by atoms with Crippen molar-refractivity contribution in [2.75, 3.05) is 19.6 Å². The monoisotopic (exact) mass is 377 g/mol. The van der Waals surface area contributed by atoms with Crippen molar-refractivity contribution >= 4 is 28.1 Å². The fourth-order valence-electron chi connectivity index (χ4n) is 2.98. The van der Waals surface area contributed by atoms with Gasteiger partial charge in [-0.2, -0.15) is 4.31 Å². The summed E-state index contributed by atoms with van der Waals surface area (Å²) in [4.78, 5) is 10.5. The normalized spacial score (nSPS) is 16.0. The van der Waals surface area contributed by atoms with Crippen LogP contribution in [0.25, 0.3) is 0 Å². The summed E-state index contributed by atoms with van der Waals surface area (Å²) in [6, 6.07) is 3.91. The Bertz CT molecular complexity index is 675. The summed E-state index contributed by atoms with van der Waals surface area (Å²) in [5.41, 5.74) is 0.319. The van der Waals surface area contributed by atoms with Crippen LogP contribution >= 0.6 is 12.4 Å². The molecule has 24 heavy (non-hydrogen) atoms. The van der Waals surface area contributed by atoms with Crippen molar-refractivity contribution in [3.63, 3.8) is 0 Å². The van der Waals surface area contributed by atoms with Crippen molar-refractivity contribution in [3.05, 3.63) is 33.9 Å². The number of rotatable bonds is 6. The molecule has 9 heteroatoms. The SMILES string of the molecule is CCCN(C1CCNCC1)S(=O)(=O)c1ccc([N+](=O)[O-])cc1C.Cl. The van der Waals surface area contributed by atoms with Gasteiger partial charge < -0.3 is 5.32 Å². The fourth-order valence-corrected chi connectivity index (χ4v) is 4.96. The number of halogens is 1. The third-order valence-corrected chi connectivity index (χ3v) is 6.23. The minimum Gasteiger partial charge on any atom is -0.317 e. The molecule has 0 aliphatic carbocycles. The van der Waals surface area contributed by atoms with E-state index in [1.165, 1.54) is 18.2 Å². The molecule has 2 rings (SSSR count). The van der Waals surface area contributed by atoms with E-state index in [1.807, 2.05) is 6.92 Å². The first-order chi connectivity index (χ1) is 10.9. The number of nitro benzene ring substituents is 1. The Hall–Kier alpha value is -1.22. The molecule has 1 saturated heterocycles. The Labute approximate surface area is 149 Å². The molecule has 1 heterocycles. The van der Waals surface area contributed by atoms with Gasteiger partial charge in [-0.25, -0.2) is 8.42 Å². The lowest BCUT2D eigenvalue weighted by atomic mass is 10.1. The van der Waals surface area contributed by atoms with E-state index < -0.39 is 14.9 Å². The minimum absolute atomic E-state index is 0. The first-order valence-corrected chi connectivity index (χ1v) is 9.29. The molecule has 0 spiro atoms. The van der Waals surface area contributed by atoms with E-state index in [1.54, 1.807) is 11.2 Å². The lowest BCUT2D eigenvalue weighted by Gasteiger charge is -2.33. The Balaban J connectivity index is 0.00000288. The maximum absolute atomic E-state index is 13.1. The largest absolute Gasteiger partial charge is 0.317 e. The highest BCUT2D eigenvalue weighted by Gasteiger charge is 2.33. The molecule has 0 saturated carbocycles. The van der Waals surface area contributed by atoms with E-state index in [2.05, 4.69) is 5.32 Å². The third-order valence-electron chi connectivity index (χ3n) is 4.12. The van der Waals surface area contributed by atoms with Gasteiger partial charge >= 0.3 is 0 Å². The van der Waals surface area contributed by atoms with Gasteiger partial charge in [-0.3, -0.25) is 10.1 Å². The number of sulfonamides is 1. The molecule has 7 nitrogen and oxygen atoms in total. The molecule has 1 aromatic carbocycles. The first-order valence-electron chi connectivity index (χ1n) is 7.85. The maximum Gasteiger partial charge on any atom is 0.269 e. The second-order valence-electron chi connectivity index (χ2n) is 5.80. The summed E-state index contributed by atoms with van der Waals surface area (Å²) in [6.07, 6.45) is 2.30. The molecule has 1 N–H and O–H groups in total. The molecule has 0 aromatic heterocycles. The second-order valence-corrected chi connectivity index (χ2v) is 7.66. The van der Waals surface area contributed by atoms with Gasteiger partial charge in [0.25, 0.3) is 5.69 Å². The summed E-state index contributed by atoms with van der Waals surface area (Å²) in [5.74, 6) is 0. The van der Waals surface area contributed by atoms with Crippen LogP contribution < -0.4 is 5.32 Å². The van der Waals surface area contributed by atoms with E-state index in [-0.39, 0.29) is 29.0 Å². The molecule has 0 radical (unpaired) electrons. The average Bonchev–Trinajstić information content (AvgIpc) is 2.52. The zero-order valence-corrected chi connectivity index (χ0v) is 15.5. The van der Waals surface area contributed by atoms with Crippen molar-refractivity contribution in [1.82, 2.24) is 9.62 Å². The van der Waals surface area contributed by atoms with Gasteiger partial charge in [0.15, 0.2) is 0 Å². The van der Waals surface area contributed by atoms with Gasteiger partial charge in [0.2, 0.25) is 10.0 Å². The number of nitro groups is 1. The zero-order valence-electron chi connectivity index (χ0n) is 13.9. The summed E-state index contributed by atoms with van der Waals surface area (Å²) in [5, 5.41) is 14.1. The molecule has 1 aromatic rings. The first kappa shape index (κ1) is 20.8. The molecule has 1 fully saturated rings. The average molecular weight is 378 g/mol. The van der Waals surface area contributed by atoms with Crippen LogP contribution in [-0.4, -0.2) is 43.3 Å². The van der Waals surface area contributed by atoms with Crippen LogP contribution in [0.2, 0.25) is 0 Å². The predicted molar refractivity (Wildman–Crippen MR) is 95.2 cm³/mol. The van der Waals surface area contributed by atoms with Gasteiger partial charge in [0, 0.05) is 24.7 Å². The minimum atomic E-state index is -3.65. The van der Waals surface area contributed by atoms with Gasteiger partial charge in [-0.05, 0) is 50.9 Å². The van der Waals surface area contributed by atoms with Gasteiger partial charge in [0.1, 0.15) is 0 Å². The number of piperidine rings is 1. The Morgan fingerprint density at radius 3 is 2.46 bits per heavy atom. The lowest BCUT2D eigenvalue weighted by Crippen LogP contribution is -2.46. The molecule has 0 atom stereocenters.